The third-order valence-corrected chi connectivity index (χ3v) is 5.14. The van der Waals surface area contributed by atoms with Crippen LogP contribution in [0.2, 0.25) is 10.0 Å². The Morgan fingerprint density at radius 2 is 1.81 bits per heavy atom. The molecule has 0 aliphatic carbocycles. The molecule has 2 rings (SSSR count). The van der Waals surface area contributed by atoms with E-state index in [0.717, 1.165) is 10.6 Å². The number of nitro groups is 1. The van der Waals surface area contributed by atoms with E-state index >= 15 is 0 Å². The Hall–Kier alpha value is -2.36. The third-order valence-electron chi connectivity index (χ3n) is 3.58. The average molecular weight is 432 g/mol. The monoisotopic (exact) mass is 431 g/mol. The lowest BCUT2D eigenvalue weighted by atomic mass is 10.1. The molecule has 0 unspecified atom stereocenters. The molecule has 2 aromatic carbocycles. The van der Waals surface area contributed by atoms with Crippen molar-refractivity contribution < 1.29 is 18.1 Å². The first-order valence-electron chi connectivity index (χ1n) is 7.46. The molecule has 1 amide bonds. The van der Waals surface area contributed by atoms with Gasteiger partial charge in [0.15, 0.2) is 0 Å². The van der Waals surface area contributed by atoms with Gasteiger partial charge in [-0.1, -0.05) is 29.3 Å². The second-order valence-electron chi connectivity index (χ2n) is 5.65. The van der Waals surface area contributed by atoms with E-state index in [1.807, 2.05) is 0 Å². The minimum absolute atomic E-state index is 0.0472. The van der Waals surface area contributed by atoms with Crippen molar-refractivity contribution in [3.8, 4) is 0 Å². The highest BCUT2D eigenvalue weighted by Crippen LogP contribution is 2.30. The number of hydrogen-bond acceptors (Lipinski definition) is 5. The number of amides is 1. The number of rotatable bonds is 6. The van der Waals surface area contributed by atoms with Crippen LogP contribution in [0.15, 0.2) is 36.4 Å². The molecular formula is C16H15Cl2N3O5S. The summed E-state index contributed by atoms with van der Waals surface area (Å²) >= 11 is 11.7. The molecule has 11 heteroatoms. The zero-order valence-electron chi connectivity index (χ0n) is 14.3. The van der Waals surface area contributed by atoms with Gasteiger partial charge in [0.2, 0.25) is 15.9 Å². The van der Waals surface area contributed by atoms with Crippen LogP contribution in [0.25, 0.3) is 0 Å². The Morgan fingerprint density at radius 1 is 1.22 bits per heavy atom. The predicted molar refractivity (Wildman–Crippen MR) is 105 cm³/mol. The van der Waals surface area contributed by atoms with Gasteiger partial charge >= 0.3 is 0 Å². The number of nitro benzene ring substituents is 1. The minimum Gasteiger partial charge on any atom is -0.324 e. The highest BCUT2D eigenvalue weighted by atomic mass is 35.5. The lowest BCUT2D eigenvalue weighted by Gasteiger charge is -2.23. The second kappa shape index (κ2) is 8.12. The van der Waals surface area contributed by atoms with E-state index in [1.54, 1.807) is 0 Å². The normalized spacial score (nSPS) is 11.1. The number of benzene rings is 2. The molecule has 0 radical (unpaired) electrons. The van der Waals surface area contributed by atoms with Crippen LogP contribution in [0, 0.1) is 17.0 Å². The summed E-state index contributed by atoms with van der Waals surface area (Å²) in [5.74, 6) is -0.662. The largest absolute Gasteiger partial charge is 0.324 e. The summed E-state index contributed by atoms with van der Waals surface area (Å²) < 4.78 is 25.2. The maximum atomic E-state index is 12.4. The molecule has 0 aromatic heterocycles. The fourth-order valence-electron chi connectivity index (χ4n) is 2.42. The molecular weight excluding hydrogens is 417 g/mol. The maximum absolute atomic E-state index is 12.4. The number of halogens is 2. The zero-order valence-corrected chi connectivity index (χ0v) is 16.6. The molecule has 0 aliphatic rings. The first-order chi connectivity index (χ1) is 12.5. The summed E-state index contributed by atoms with van der Waals surface area (Å²) in [7, 11) is -3.89. The molecule has 0 saturated carbocycles. The van der Waals surface area contributed by atoms with E-state index in [-0.39, 0.29) is 16.9 Å². The molecule has 0 fully saturated rings. The molecule has 27 heavy (non-hydrogen) atoms. The van der Waals surface area contributed by atoms with E-state index in [1.165, 1.54) is 43.3 Å². The van der Waals surface area contributed by atoms with Crippen LogP contribution in [0.4, 0.5) is 17.1 Å². The molecule has 0 spiro atoms. The van der Waals surface area contributed by atoms with Crippen molar-refractivity contribution in [3.05, 3.63) is 62.1 Å². The number of carbonyl (C=O) groups excluding carboxylic acids is 1. The predicted octanol–water partition coefficient (Wildman–Crippen LogP) is 3.61. The fraction of sp³-hybridized carbons (Fsp3) is 0.188. The molecule has 8 nitrogen and oxygen atoms in total. The van der Waals surface area contributed by atoms with E-state index in [4.69, 9.17) is 23.2 Å². The number of carbonyl (C=O) groups is 1. The Bertz CT molecular complexity index is 991. The maximum Gasteiger partial charge on any atom is 0.274 e. The summed E-state index contributed by atoms with van der Waals surface area (Å²) in [4.78, 5) is 22.8. The molecule has 0 heterocycles. The fourth-order valence-corrected chi connectivity index (χ4v) is 3.85. The summed E-state index contributed by atoms with van der Waals surface area (Å²) in [6.07, 6.45) is 0.912. The van der Waals surface area contributed by atoms with E-state index in [9.17, 15) is 23.3 Å². The van der Waals surface area contributed by atoms with Gasteiger partial charge in [-0.2, -0.15) is 0 Å². The number of anilines is 2. The lowest BCUT2D eigenvalue weighted by Crippen LogP contribution is -2.38. The van der Waals surface area contributed by atoms with Gasteiger partial charge in [0, 0.05) is 21.8 Å². The van der Waals surface area contributed by atoms with Gasteiger partial charge in [-0.25, -0.2) is 8.42 Å². The van der Waals surface area contributed by atoms with E-state index < -0.39 is 27.4 Å². The summed E-state index contributed by atoms with van der Waals surface area (Å²) in [5, 5.41) is 14.2. The topological polar surface area (TPSA) is 110 Å². The first-order valence-corrected chi connectivity index (χ1v) is 10.1. The SMILES string of the molecule is Cc1c(N(CC(=O)Nc2cc(Cl)cc(Cl)c2)S(C)(=O)=O)cccc1[N+](=O)[O-]. The van der Waals surface area contributed by atoms with Gasteiger partial charge in [-0.15, -0.1) is 0 Å². The zero-order chi connectivity index (χ0) is 20.4. The van der Waals surface area contributed by atoms with E-state index in [0.29, 0.717) is 15.7 Å². The van der Waals surface area contributed by atoms with Crippen LogP contribution in [-0.4, -0.2) is 32.0 Å². The smallest absolute Gasteiger partial charge is 0.274 e. The molecule has 0 saturated heterocycles. The quantitative estimate of drug-likeness (QED) is 0.554. The third kappa shape index (κ3) is 5.31. The van der Waals surface area contributed by atoms with Crippen molar-refractivity contribution in [3.63, 3.8) is 0 Å². The average Bonchev–Trinajstić information content (AvgIpc) is 2.50. The Kier molecular flexibility index (Phi) is 6.30. The number of hydrogen-bond donors (Lipinski definition) is 1. The summed E-state index contributed by atoms with van der Waals surface area (Å²) in [5.41, 5.74) is 0.224. The number of nitrogens with one attached hydrogen (secondary N) is 1. The number of nitrogens with zero attached hydrogens (tertiary/aromatic N) is 2. The van der Waals surface area contributed by atoms with Crippen molar-refractivity contribution in [1.29, 1.82) is 0 Å². The van der Waals surface area contributed by atoms with Crippen LogP contribution in [-0.2, 0) is 14.8 Å². The van der Waals surface area contributed by atoms with Gasteiger partial charge in [0.05, 0.1) is 22.4 Å². The van der Waals surface area contributed by atoms with Crippen molar-refractivity contribution in [1.82, 2.24) is 0 Å². The first kappa shape index (κ1) is 20.9. The van der Waals surface area contributed by atoms with Crippen molar-refractivity contribution in [2.45, 2.75) is 6.92 Å². The Balaban J connectivity index is 2.35. The van der Waals surface area contributed by atoms with Gasteiger partial charge < -0.3 is 5.32 Å². The molecule has 1 N–H and O–H groups in total. The van der Waals surface area contributed by atoms with Crippen molar-refractivity contribution >= 4 is 56.2 Å². The van der Waals surface area contributed by atoms with Gasteiger partial charge in [0.25, 0.3) is 5.69 Å². The second-order valence-corrected chi connectivity index (χ2v) is 8.43. The molecule has 0 aliphatic heterocycles. The van der Waals surface area contributed by atoms with Crippen LogP contribution >= 0.6 is 23.2 Å². The molecule has 0 bridgehead atoms. The van der Waals surface area contributed by atoms with Crippen LogP contribution in [0.5, 0.6) is 0 Å². The van der Waals surface area contributed by atoms with Crippen molar-refractivity contribution in [2.75, 3.05) is 22.4 Å². The summed E-state index contributed by atoms with van der Waals surface area (Å²) in [6.45, 7) is 0.839. The Labute approximate surface area is 165 Å². The Morgan fingerprint density at radius 3 is 2.33 bits per heavy atom. The van der Waals surface area contributed by atoms with Crippen LogP contribution in [0.3, 0.4) is 0 Å². The highest BCUT2D eigenvalue weighted by Gasteiger charge is 2.25. The summed E-state index contributed by atoms with van der Waals surface area (Å²) in [6, 6.07) is 8.39. The van der Waals surface area contributed by atoms with Crippen molar-refractivity contribution in [2.24, 2.45) is 0 Å². The van der Waals surface area contributed by atoms with Gasteiger partial charge in [0.1, 0.15) is 6.54 Å². The van der Waals surface area contributed by atoms with E-state index in [2.05, 4.69) is 5.32 Å². The number of sulfonamides is 1. The molecule has 144 valence electrons. The van der Waals surface area contributed by atoms with Gasteiger partial charge in [-0.3, -0.25) is 19.2 Å². The standard InChI is InChI=1S/C16H15Cl2N3O5S/c1-10-14(4-3-5-15(10)21(23)24)20(27(2,25)26)9-16(22)19-13-7-11(17)6-12(18)8-13/h3-8H,9H2,1-2H3,(H,19,22). The lowest BCUT2D eigenvalue weighted by molar-refractivity contribution is -0.385. The molecule has 0 atom stereocenters. The van der Waals surface area contributed by atoms with Crippen LogP contribution in [0.1, 0.15) is 5.56 Å². The minimum atomic E-state index is -3.89. The van der Waals surface area contributed by atoms with Gasteiger partial charge in [-0.05, 0) is 31.2 Å². The highest BCUT2D eigenvalue weighted by molar-refractivity contribution is 7.92. The van der Waals surface area contributed by atoms with Crippen LogP contribution < -0.4 is 9.62 Å². The molecule has 2 aromatic rings.